The largest absolute Gasteiger partial charge is 0.247 e. The maximum Gasteiger partial charge on any atom is 0.0745 e. The summed E-state index contributed by atoms with van der Waals surface area (Å²) in [5, 5.41) is 1.19. The van der Waals surface area contributed by atoms with Crippen molar-refractivity contribution in [1.29, 1.82) is 0 Å². The minimum Gasteiger partial charge on any atom is -0.247 e. The van der Waals surface area contributed by atoms with Crippen LogP contribution >= 0.6 is 15.9 Å². The molecule has 0 N–H and O–H groups in total. The van der Waals surface area contributed by atoms with Crippen LogP contribution in [-0.2, 0) is 0 Å². The molecule has 1 aromatic heterocycles. The van der Waals surface area contributed by atoms with Crippen LogP contribution in [0.15, 0.2) is 83.3 Å². The van der Waals surface area contributed by atoms with Crippen molar-refractivity contribution in [2.24, 2.45) is 0 Å². The lowest BCUT2D eigenvalue weighted by molar-refractivity contribution is 1.33. The summed E-state index contributed by atoms with van der Waals surface area (Å²) in [6.07, 6.45) is 0. The van der Waals surface area contributed by atoms with Crippen LogP contribution in [0.25, 0.3) is 33.3 Å². The van der Waals surface area contributed by atoms with Crippen molar-refractivity contribution >= 4 is 26.8 Å². The summed E-state index contributed by atoms with van der Waals surface area (Å²) >= 11 is 3.57. The zero-order valence-corrected chi connectivity index (χ0v) is 14.9. The number of halogens is 1. The third-order valence-electron chi connectivity index (χ3n) is 4.30. The van der Waals surface area contributed by atoms with Gasteiger partial charge in [-0.2, -0.15) is 0 Å². The monoisotopic (exact) mass is 373 g/mol. The Hall–Kier alpha value is -2.45. The molecule has 0 unspecified atom stereocenters. The molecule has 0 fully saturated rings. The first-order valence-electron chi connectivity index (χ1n) is 7.95. The van der Waals surface area contributed by atoms with E-state index in [0.717, 1.165) is 21.2 Å². The number of aromatic nitrogens is 1. The number of pyridine rings is 1. The Morgan fingerprint density at radius 1 is 0.750 bits per heavy atom. The molecule has 0 saturated carbocycles. The highest BCUT2D eigenvalue weighted by Gasteiger charge is 2.14. The van der Waals surface area contributed by atoms with E-state index < -0.39 is 0 Å². The van der Waals surface area contributed by atoms with Gasteiger partial charge in [-0.25, -0.2) is 4.98 Å². The number of rotatable bonds is 2. The molecule has 0 spiro atoms. The summed E-state index contributed by atoms with van der Waals surface area (Å²) in [6.45, 7) is 2.16. The van der Waals surface area contributed by atoms with Crippen molar-refractivity contribution < 1.29 is 0 Å². The fraction of sp³-hybridized carbons (Fsp3) is 0.0455. The van der Waals surface area contributed by atoms with Crippen LogP contribution in [0.5, 0.6) is 0 Å². The Bertz CT molecular complexity index is 1020. The smallest absolute Gasteiger partial charge is 0.0745 e. The SMILES string of the molecule is Cc1c(-c2cccc(Br)c2)nc2ccccc2c1-c1ccccc1. The lowest BCUT2D eigenvalue weighted by Crippen LogP contribution is -1.95. The fourth-order valence-electron chi connectivity index (χ4n) is 3.20. The summed E-state index contributed by atoms with van der Waals surface area (Å²) in [6, 6.07) is 27.3. The molecule has 0 aliphatic rings. The van der Waals surface area contributed by atoms with Gasteiger partial charge in [-0.1, -0.05) is 76.6 Å². The van der Waals surface area contributed by atoms with Crippen molar-refractivity contribution in [3.63, 3.8) is 0 Å². The molecule has 0 aliphatic carbocycles. The molecule has 0 bridgehead atoms. The topological polar surface area (TPSA) is 12.9 Å². The number of fused-ring (bicyclic) bond motifs is 1. The van der Waals surface area contributed by atoms with Gasteiger partial charge in [0.1, 0.15) is 0 Å². The highest BCUT2D eigenvalue weighted by molar-refractivity contribution is 9.10. The molecule has 1 heterocycles. The average molecular weight is 374 g/mol. The summed E-state index contributed by atoms with van der Waals surface area (Å²) in [5.74, 6) is 0. The second-order valence-corrected chi connectivity index (χ2v) is 6.77. The van der Waals surface area contributed by atoms with E-state index in [4.69, 9.17) is 4.98 Å². The molecule has 3 aromatic carbocycles. The zero-order chi connectivity index (χ0) is 16.5. The molecule has 4 rings (SSSR count). The summed E-state index contributed by atoms with van der Waals surface area (Å²) in [7, 11) is 0. The van der Waals surface area contributed by atoms with Crippen molar-refractivity contribution in [3.8, 4) is 22.4 Å². The summed E-state index contributed by atoms with van der Waals surface area (Å²) < 4.78 is 1.07. The van der Waals surface area contributed by atoms with Crippen LogP contribution in [0.4, 0.5) is 0 Å². The zero-order valence-electron chi connectivity index (χ0n) is 13.3. The van der Waals surface area contributed by atoms with Crippen molar-refractivity contribution in [2.45, 2.75) is 6.92 Å². The number of hydrogen-bond donors (Lipinski definition) is 0. The van der Waals surface area contributed by atoms with Gasteiger partial charge in [0.05, 0.1) is 11.2 Å². The molecule has 116 valence electrons. The quantitative estimate of drug-likeness (QED) is 0.383. The van der Waals surface area contributed by atoms with Crippen LogP contribution in [-0.4, -0.2) is 4.98 Å². The Morgan fingerprint density at radius 2 is 1.46 bits per heavy atom. The van der Waals surface area contributed by atoms with Crippen LogP contribution < -0.4 is 0 Å². The minimum atomic E-state index is 1.02. The molecular formula is C22H16BrN. The van der Waals surface area contributed by atoms with E-state index in [1.165, 1.54) is 22.1 Å². The van der Waals surface area contributed by atoms with E-state index in [0.29, 0.717) is 0 Å². The molecule has 0 radical (unpaired) electrons. The van der Waals surface area contributed by atoms with Gasteiger partial charge in [-0.05, 0) is 41.8 Å². The fourth-order valence-corrected chi connectivity index (χ4v) is 3.60. The molecule has 0 saturated heterocycles. The second kappa shape index (κ2) is 6.21. The first-order chi connectivity index (χ1) is 11.7. The highest BCUT2D eigenvalue weighted by atomic mass is 79.9. The molecule has 0 amide bonds. The predicted molar refractivity (Wildman–Crippen MR) is 105 cm³/mol. The van der Waals surface area contributed by atoms with E-state index in [2.05, 4.69) is 89.6 Å². The standard InChI is InChI=1S/C22H16BrN/c1-15-21(16-8-3-2-4-9-16)19-12-5-6-13-20(19)24-22(15)17-10-7-11-18(23)14-17/h2-14H,1H3. The van der Waals surface area contributed by atoms with E-state index in [1.807, 2.05) is 12.1 Å². The van der Waals surface area contributed by atoms with Crippen LogP contribution in [0.1, 0.15) is 5.56 Å². The van der Waals surface area contributed by atoms with E-state index in [-0.39, 0.29) is 0 Å². The first-order valence-corrected chi connectivity index (χ1v) is 8.74. The Balaban J connectivity index is 2.09. The van der Waals surface area contributed by atoms with Gasteiger partial charge in [0, 0.05) is 15.4 Å². The molecule has 1 nitrogen and oxygen atoms in total. The molecule has 0 aliphatic heterocycles. The first kappa shape index (κ1) is 15.1. The van der Waals surface area contributed by atoms with Gasteiger partial charge in [-0.15, -0.1) is 0 Å². The number of nitrogens with zero attached hydrogens (tertiary/aromatic N) is 1. The van der Waals surface area contributed by atoms with Crippen LogP contribution in [0.3, 0.4) is 0 Å². The van der Waals surface area contributed by atoms with Crippen molar-refractivity contribution in [1.82, 2.24) is 4.98 Å². The number of benzene rings is 3. The van der Waals surface area contributed by atoms with Gasteiger partial charge < -0.3 is 0 Å². The van der Waals surface area contributed by atoms with E-state index in [9.17, 15) is 0 Å². The maximum absolute atomic E-state index is 4.95. The molecule has 4 aromatic rings. The van der Waals surface area contributed by atoms with Gasteiger partial charge in [0.25, 0.3) is 0 Å². The van der Waals surface area contributed by atoms with Gasteiger partial charge in [0.2, 0.25) is 0 Å². The number of para-hydroxylation sites is 1. The summed E-state index contributed by atoms with van der Waals surface area (Å²) in [5.41, 5.74) is 6.88. The normalized spacial score (nSPS) is 10.9. The molecule has 2 heteroatoms. The van der Waals surface area contributed by atoms with Crippen LogP contribution in [0, 0.1) is 6.92 Å². The van der Waals surface area contributed by atoms with E-state index in [1.54, 1.807) is 0 Å². The third-order valence-corrected chi connectivity index (χ3v) is 4.79. The lowest BCUT2D eigenvalue weighted by atomic mass is 9.93. The maximum atomic E-state index is 4.95. The molecule has 0 atom stereocenters. The highest BCUT2D eigenvalue weighted by Crippen LogP contribution is 2.36. The van der Waals surface area contributed by atoms with Gasteiger partial charge in [0.15, 0.2) is 0 Å². The average Bonchev–Trinajstić information content (AvgIpc) is 2.62. The lowest BCUT2D eigenvalue weighted by Gasteiger charge is -2.15. The molecular weight excluding hydrogens is 358 g/mol. The predicted octanol–water partition coefficient (Wildman–Crippen LogP) is 6.64. The number of hydrogen-bond acceptors (Lipinski definition) is 1. The second-order valence-electron chi connectivity index (χ2n) is 5.85. The van der Waals surface area contributed by atoms with Gasteiger partial charge in [-0.3, -0.25) is 0 Å². The summed E-state index contributed by atoms with van der Waals surface area (Å²) in [4.78, 5) is 4.95. The Kier molecular flexibility index (Phi) is 3.91. The Morgan fingerprint density at radius 3 is 2.25 bits per heavy atom. The molecule has 24 heavy (non-hydrogen) atoms. The minimum absolute atomic E-state index is 1.02. The third kappa shape index (κ3) is 2.63. The Labute approximate surface area is 150 Å². The van der Waals surface area contributed by atoms with Crippen molar-refractivity contribution in [2.75, 3.05) is 0 Å². The van der Waals surface area contributed by atoms with Crippen molar-refractivity contribution in [3.05, 3.63) is 88.9 Å². The van der Waals surface area contributed by atoms with Gasteiger partial charge >= 0.3 is 0 Å². The van der Waals surface area contributed by atoms with Crippen LogP contribution in [0.2, 0.25) is 0 Å². The van der Waals surface area contributed by atoms with E-state index >= 15 is 0 Å².